The monoisotopic (exact) mass is 303 g/mol. The average molecular weight is 303 g/mol. The lowest BCUT2D eigenvalue weighted by atomic mass is 10.0. The maximum absolute atomic E-state index is 11.9. The van der Waals surface area contributed by atoms with E-state index in [1.165, 1.54) is 6.92 Å². The SMILES string of the molecule is CC(=O)NCC(=O)N[C@@H](Cn1nnc2ccccc21)C(C)C. The van der Waals surface area contributed by atoms with Gasteiger partial charge in [0.2, 0.25) is 11.8 Å². The number of hydrogen-bond acceptors (Lipinski definition) is 4. The van der Waals surface area contributed by atoms with E-state index in [0.29, 0.717) is 6.54 Å². The molecule has 0 bridgehead atoms. The van der Waals surface area contributed by atoms with Crippen LogP contribution in [0.1, 0.15) is 20.8 Å². The minimum absolute atomic E-state index is 0.0172. The van der Waals surface area contributed by atoms with Crippen molar-refractivity contribution in [2.24, 2.45) is 5.92 Å². The smallest absolute Gasteiger partial charge is 0.239 e. The maximum Gasteiger partial charge on any atom is 0.239 e. The Hall–Kier alpha value is -2.44. The Balaban J connectivity index is 2.05. The molecule has 118 valence electrons. The number of benzene rings is 1. The third kappa shape index (κ3) is 4.03. The van der Waals surface area contributed by atoms with E-state index in [1.807, 2.05) is 38.1 Å². The Bertz CT molecular complexity index is 665. The van der Waals surface area contributed by atoms with Crippen molar-refractivity contribution in [3.05, 3.63) is 24.3 Å². The van der Waals surface area contributed by atoms with Crippen molar-refractivity contribution in [3.8, 4) is 0 Å². The minimum Gasteiger partial charge on any atom is -0.350 e. The summed E-state index contributed by atoms with van der Waals surface area (Å²) in [4.78, 5) is 22.7. The first-order valence-corrected chi connectivity index (χ1v) is 7.29. The summed E-state index contributed by atoms with van der Waals surface area (Å²) in [5.41, 5.74) is 1.76. The molecule has 7 heteroatoms. The third-order valence-electron chi connectivity index (χ3n) is 3.44. The molecule has 1 atom stereocenters. The summed E-state index contributed by atoms with van der Waals surface area (Å²) < 4.78 is 1.79. The van der Waals surface area contributed by atoms with Gasteiger partial charge < -0.3 is 10.6 Å². The van der Waals surface area contributed by atoms with Crippen LogP contribution in [0.2, 0.25) is 0 Å². The Labute approximate surface area is 129 Å². The minimum atomic E-state index is -0.224. The molecule has 0 spiro atoms. The van der Waals surface area contributed by atoms with E-state index in [-0.39, 0.29) is 30.3 Å². The highest BCUT2D eigenvalue weighted by Gasteiger charge is 2.18. The molecule has 2 aromatic rings. The van der Waals surface area contributed by atoms with Crippen molar-refractivity contribution in [3.63, 3.8) is 0 Å². The quantitative estimate of drug-likeness (QED) is 0.822. The predicted octanol–water partition coefficient (Wildman–Crippen LogP) is 0.708. The summed E-state index contributed by atoms with van der Waals surface area (Å²) in [5, 5.41) is 13.7. The molecular formula is C15H21N5O2. The van der Waals surface area contributed by atoms with Gasteiger partial charge in [0.15, 0.2) is 0 Å². The van der Waals surface area contributed by atoms with E-state index in [2.05, 4.69) is 20.9 Å². The van der Waals surface area contributed by atoms with Crippen molar-refractivity contribution >= 4 is 22.8 Å². The van der Waals surface area contributed by atoms with E-state index in [1.54, 1.807) is 4.68 Å². The van der Waals surface area contributed by atoms with Gasteiger partial charge in [0.1, 0.15) is 5.52 Å². The summed E-state index contributed by atoms with van der Waals surface area (Å²) in [7, 11) is 0. The van der Waals surface area contributed by atoms with E-state index in [9.17, 15) is 9.59 Å². The number of para-hydroxylation sites is 1. The Morgan fingerprint density at radius 3 is 2.68 bits per heavy atom. The fraction of sp³-hybridized carbons (Fsp3) is 0.467. The van der Waals surface area contributed by atoms with Gasteiger partial charge in [0.25, 0.3) is 0 Å². The summed E-state index contributed by atoms with van der Waals surface area (Å²) in [6.07, 6.45) is 0. The molecule has 2 rings (SSSR count). The second-order valence-corrected chi connectivity index (χ2v) is 5.59. The molecule has 0 radical (unpaired) electrons. The van der Waals surface area contributed by atoms with Gasteiger partial charge >= 0.3 is 0 Å². The van der Waals surface area contributed by atoms with Crippen LogP contribution in [-0.4, -0.2) is 39.4 Å². The Kier molecular flexibility index (Phi) is 5.08. The molecule has 0 aliphatic carbocycles. The molecule has 7 nitrogen and oxygen atoms in total. The maximum atomic E-state index is 11.9. The molecule has 0 aliphatic heterocycles. The highest BCUT2D eigenvalue weighted by molar-refractivity contribution is 5.83. The van der Waals surface area contributed by atoms with Gasteiger partial charge in [-0.1, -0.05) is 31.2 Å². The molecule has 1 aromatic heterocycles. The highest BCUT2D eigenvalue weighted by Crippen LogP contribution is 2.12. The zero-order valence-electron chi connectivity index (χ0n) is 13.0. The number of aromatic nitrogens is 3. The van der Waals surface area contributed by atoms with Crippen LogP contribution in [0.4, 0.5) is 0 Å². The zero-order valence-corrected chi connectivity index (χ0v) is 13.0. The lowest BCUT2D eigenvalue weighted by Gasteiger charge is -2.22. The van der Waals surface area contributed by atoms with Gasteiger partial charge in [-0.25, -0.2) is 4.68 Å². The standard InChI is InChI=1S/C15H21N5O2/c1-10(2)13(17-15(22)8-16-11(3)21)9-20-14-7-5-4-6-12(14)18-19-20/h4-7,10,13H,8-9H2,1-3H3,(H,16,21)(H,17,22)/t13-/m0/s1. The topological polar surface area (TPSA) is 88.9 Å². The summed E-state index contributed by atoms with van der Waals surface area (Å²) in [5.74, 6) is -0.207. The van der Waals surface area contributed by atoms with E-state index >= 15 is 0 Å². The average Bonchev–Trinajstić information content (AvgIpc) is 2.87. The fourth-order valence-corrected chi connectivity index (χ4v) is 2.12. The number of rotatable bonds is 6. The highest BCUT2D eigenvalue weighted by atomic mass is 16.2. The molecule has 22 heavy (non-hydrogen) atoms. The van der Waals surface area contributed by atoms with Gasteiger partial charge in [-0.15, -0.1) is 5.10 Å². The molecule has 0 unspecified atom stereocenters. The van der Waals surface area contributed by atoms with Gasteiger partial charge in [-0.2, -0.15) is 0 Å². The van der Waals surface area contributed by atoms with Crippen molar-refractivity contribution in [2.45, 2.75) is 33.4 Å². The van der Waals surface area contributed by atoms with Gasteiger partial charge in [0, 0.05) is 6.92 Å². The van der Waals surface area contributed by atoms with Gasteiger partial charge in [0.05, 0.1) is 24.6 Å². The number of carbonyl (C=O) groups excluding carboxylic acids is 2. The molecule has 1 aromatic carbocycles. The first-order valence-electron chi connectivity index (χ1n) is 7.29. The molecule has 0 saturated carbocycles. The Morgan fingerprint density at radius 2 is 2.00 bits per heavy atom. The van der Waals surface area contributed by atoms with E-state index < -0.39 is 0 Å². The van der Waals surface area contributed by atoms with Crippen LogP contribution in [0.5, 0.6) is 0 Å². The molecular weight excluding hydrogens is 282 g/mol. The summed E-state index contributed by atoms with van der Waals surface area (Å²) >= 11 is 0. The zero-order chi connectivity index (χ0) is 16.1. The molecule has 0 aliphatic rings. The molecule has 2 N–H and O–H groups in total. The van der Waals surface area contributed by atoms with Crippen LogP contribution in [0.25, 0.3) is 11.0 Å². The van der Waals surface area contributed by atoms with Crippen LogP contribution < -0.4 is 10.6 Å². The molecule has 1 heterocycles. The van der Waals surface area contributed by atoms with Gasteiger partial charge in [-0.3, -0.25) is 9.59 Å². The van der Waals surface area contributed by atoms with E-state index in [0.717, 1.165) is 11.0 Å². The number of nitrogens with one attached hydrogen (secondary N) is 2. The normalized spacial score (nSPS) is 12.4. The third-order valence-corrected chi connectivity index (χ3v) is 3.44. The van der Waals surface area contributed by atoms with Crippen LogP contribution >= 0.6 is 0 Å². The lowest BCUT2D eigenvalue weighted by Crippen LogP contribution is -2.45. The molecule has 0 fully saturated rings. The predicted molar refractivity (Wildman–Crippen MR) is 83.0 cm³/mol. The van der Waals surface area contributed by atoms with E-state index in [4.69, 9.17) is 0 Å². The lowest BCUT2D eigenvalue weighted by molar-refractivity contribution is -0.125. The molecule has 2 amide bonds. The first-order chi connectivity index (χ1) is 10.5. The van der Waals surface area contributed by atoms with Crippen molar-refractivity contribution in [1.82, 2.24) is 25.6 Å². The Morgan fingerprint density at radius 1 is 1.27 bits per heavy atom. The van der Waals surface area contributed by atoms with Crippen LogP contribution in [0, 0.1) is 5.92 Å². The van der Waals surface area contributed by atoms with Crippen LogP contribution in [0.3, 0.4) is 0 Å². The summed E-state index contributed by atoms with van der Waals surface area (Å²) in [6.45, 7) is 5.96. The number of hydrogen-bond donors (Lipinski definition) is 2. The number of fused-ring (bicyclic) bond motifs is 1. The number of carbonyl (C=O) groups is 2. The summed E-state index contributed by atoms with van der Waals surface area (Å²) in [6, 6.07) is 7.61. The van der Waals surface area contributed by atoms with Crippen LogP contribution in [-0.2, 0) is 16.1 Å². The number of nitrogens with zero attached hydrogens (tertiary/aromatic N) is 3. The fourth-order valence-electron chi connectivity index (χ4n) is 2.12. The van der Waals surface area contributed by atoms with Crippen LogP contribution in [0.15, 0.2) is 24.3 Å². The van der Waals surface area contributed by atoms with Gasteiger partial charge in [-0.05, 0) is 18.1 Å². The second kappa shape index (κ2) is 7.02. The first kappa shape index (κ1) is 15.9. The van der Waals surface area contributed by atoms with Crippen molar-refractivity contribution < 1.29 is 9.59 Å². The largest absolute Gasteiger partial charge is 0.350 e. The number of amides is 2. The second-order valence-electron chi connectivity index (χ2n) is 5.59. The van der Waals surface area contributed by atoms with Crippen molar-refractivity contribution in [2.75, 3.05) is 6.54 Å². The van der Waals surface area contributed by atoms with Crippen molar-refractivity contribution in [1.29, 1.82) is 0 Å². The molecule has 0 saturated heterocycles.